The molecule has 10 nitrogen and oxygen atoms in total. The average molecular weight is 421 g/mol. The number of aromatic amines is 2. The average Bonchev–Trinajstić information content (AvgIpc) is 3.48. The van der Waals surface area contributed by atoms with Crippen molar-refractivity contribution in [3.8, 4) is 33.9 Å². The molecule has 4 N–H and O–H groups in total. The van der Waals surface area contributed by atoms with Crippen molar-refractivity contribution in [1.82, 2.24) is 40.1 Å². The number of nitrogens with zero attached hydrogens (tertiary/aromatic N) is 6. The molecule has 10 heteroatoms. The molecule has 154 valence electrons. The highest BCUT2D eigenvalue weighted by molar-refractivity contribution is 5.96. The summed E-state index contributed by atoms with van der Waals surface area (Å²) >= 11 is 0. The summed E-state index contributed by atoms with van der Waals surface area (Å²) in [5.41, 5.74) is 8.71. The molecule has 6 aromatic rings. The van der Waals surface area contributed by atoms with Crippen LogP contribution < -0.4 is 5.48 Å². The first-order valence-corrected chi connectivity index (χ1v) is 9.75. The smallest absolute Gasteiger partial charge is 0.181 e. The SMILES string of the molecule is ONc1cncc(-c2cnc3n[nH]c(-c4nc5c(-c6ccccn6)cncc5[nH]4)c3c2)c1. The number of imidazole rings is 1. The fraction of sp³-hybridized carbons (Fsp3) is 0. The number of H-pyrrole nitrogens is 2. The molecule has 0 aromatic carbocycles. The Balaban J connectivity index is 1.50. The number of pyridine rings is 4. The standard InChI is InChI=1S/C22H15N9O/c32-31-14-5-12(7-23-9-14)13-6-15-20(29-30-21(15)26-8-13)22-27-18-11-24-10-16(19(18)28-22)17-3-1-2-4-25-17/h1-11,31-32H,(H,27,28)(H,26,29,30). The monoisotopic (exact) mass is 421 g/mol. The van der Waals surface area contributed by atoms with E-state index in [1.807, 2.05) is 24.3 Å². The van der Waals surface area contributed by atoms with Crippen LogP contribution in [-0.2, 0) is 0 Å². The van der Waals surface area contributed by atoms with Gasteiger partial charge in [-0.2, -0.15) is 5.10 Å². The Kier molecular flexibility index (Phi) is 4.08. The first-order valence-electron chi connectivity index (χ1n) is 9.75. The number of aromatic nitrogens is 8. The molecular weight excluding hydrogens is 406 g/mol. The Hall–Kier alpha value is -4.70. The minimum Gasteiger partial charge on any atom is -0.335 e. The van der Waals surface area contributed by atoms with Gasteiger partial charge in [0.15, 0.2) is 11.5 Å². The van der Waals surface area contributed by atoms with Crippen LogP contribution in [0.25, 0.3) is 56.0 Å². The third-order valence-corrected chi connectivity index (χ3v) is 5.18. The van der Waals surface area contributed by atoms with E-state index in [-0.39, 0.29) is 0 Å². The van der Waals surface area contributed by atoms with E-state index in [0.717, 1.165) is 38.8 Å². The number of hydrogen-bond donors (Lipinski definition) is 4. The minimum absolute atomic E-state index is 0.488. The lowest BCUT2D eigenvalue weighted by atomic mass is 10.1. The quantitative estimate of drug-likeness (QED) is 0.315. The van der Waals surface area contributed by atoms with Crippen LogP contribution in [0.3, 0.4) is 0 Å². The van der Waals surface area contributed by atoms with Gasteiger partial charge in [0.1, 0.15) is 11.2 Å². The van der Waals surface area contributed by atoms with Crippen molar-refractivity contribution < 1.29 is 5.21 Å². The van der Waals surface area contributed by atoms with Crippen LogP contribution >= 0.6 is 0 Å². The van der Waals surface area contributed by atoms with Gasteiger partial charge >= 0.3 is 0 Å². The Labute approximate surface area is 180 Å². The lowest BCUT2D eigenvalue weighted by molar-refractivity contribution is 0.388. The molecule has 0 bridgehead atoms. The molecule has 0 unspecified atom stereocenters. The van der Waals surface area contributed by atoms with Crippen molar-refractivity contribution in [2.45, 2.75) is 0 Å². The molecule has 0 aliphatic carbocycles. The van der Waals surface area contributed by atoms with Crippen LogP contribution in [0.5, 0.6) is 0 Å². The second-order valence-electron chi connectivity index (χ2n) is 7.15. The summed E-state index contributed by atoms with van der Waals surface area (Å²) in [7, 11) is 0. The fourth-order valence-corrected chi connectivity index (χ4v) is 3.66. The first-order chi connectivity index (χ1) is 15.8. The summed E-state index contributed by atoms with van der Waals surface area (Å²) in [6, 6.07) is 9.47. The predicted octanol–water partition coefficient (Wildman–Crippen LogP) is 3.82. The van der Waals surface area contributed by atoms with Crippen molar-refractivity contribution in [3.05, 3.63) is 67.5 Å². The van der Waals surface area contributed by atoms with E-state index in [4.69, 9.17) is 4.98 Å². The topological polar surface area (TPSA) is 141 Å². The van der Waals surface area contributed by atoms with Gasteiger partial charge in [0, 0.05) is 41.5 Å². The van der Waals surface area contributed by atoms with E-state index in [9.17, 15) is 5.21 Å². The Morgan fingerprint density at radius 1 is 0.906 bits per heavy atom. The van der Waals surface area contributed by atoms with Gasteiger partial charge in [0.2, 0.25) is 0 Å². The summed E-state index contributed by atoms with van der Waals surface area (Å²) < 4.78 is 0. The number of nitrogens with one attached hydrogen (secondary N) is 3. The van der Waals surface area contributed by atoms with Gasteiger partial charge in [-0.15, -0.1) is 0 Å². The van der Waals surface area contributed by atoms with Crippen LogP contribution in [0.4, 0.5) is 5.69 Å². The van der Waals surface area contributed by atoms with Crippen LogP contribution in [0, 0.1) is 0 Å². The molecule has 0 amide bonds. The molecule has 6 heterocycles. The molecule has 0 fully saturated rings. The van der Waals surface area contributed by atoms with E-state index in [2.05, 4.69) is 40.6 Å². The van der Waals surface area contributed by atoms with Gasteiger partial charge < -0.3 is 4.98 Å². The molecule has 6 rings (SSSR count). The van der Waals surface area contributed by atoms with Crippen molar-refractivity contribution >= 4 is 27.8 Å². The van der Waals surface area contributed by atoms with Gasteiger partial charge in [0.25, 0.3) is 0 Å². The van der Waals surface area contributed by atoms with Crippen LogP contribution in [0.15, 0.2) is 67.5 Å². The number of fused-ring (bicyclic) bond motifs is 2. The van der Waals surface area contributed by atoms with E-state index in [0.29, 0.717) is 22.9 Å². The summed E-state index contributed by atoms with van der Waals surface area (Å²) in [5.74, 6) is 0.621. The van der Waals surface area contributed by atoms with E-state index in [1.54, 1.807) is 37.1 Å². The third kappa shape index (κ3) is 2.94. The van der Waals surface area contributed by atoms with Crippen LogP contribution in [-0.4, -0.2) is 45.3 Å². The van der Waals surface area contributed by atoms with Gasteiger partial charge in [-0.3, -0.25) is 30.7 Å². The van der Waals surface area contributed by atoms with E-state index < -0.39 is 0 Å². The maximum absolute atomic E-state index is 9.17. The summed E-state index contributed by atoms with van der Waals surface area (Å²) in [6.07, 6.45) is 10.2. The minimum atomic E-state index is 0.488. The molecule has 0 radical (unpaired) electrons. The zero-order valence-electron chi connectivity index (χ0n) is 16.5. The van der Waals surface area contributed by atoms with E-state index >= 15 is 0 Å². The van der Waals surface area contributed by atoms with Gasteiger partial charge in [-0.25, -0.2) is 9.97 Å². The highest BCUT2D eigenvalue weighted by Gasteiger charge is 2.16. The molecule has 0 saturated heterocycles. The maximum Gasteiger partial charge on any atom is 0.181 e. The van der Waals surface area contributed by atoms with Gasteiger partial charge in [-0.1, -0.05) is 6.07 Å². The normalized spacial score (nSPS) is 11.3. The van der Waals surface area contributed by atoms with Gasteiger partial charge in [-0.05, 0) is 24.3 Å². The third-order valence-electron chi connectivity index (χ3n) is 5.18. The molecule has 0 atom stereocenters. The second-order valence-corrected chi connectivity index (χ2v) is 7.15. The van der Waals surface area contributed by atoms with Crippen molar-refractivity contribution in [3.63, 3.8) is 0 Å². The Morgan fingerprint density at radius 2 is 1.81 bits per heavy atom. The fourth-order valence-electron chi connectivity index (χ4n) is 3.66. The molecule has 0 aliphatic rings. The highest BCUT2D eigenvalue weighted by atomic mass is 16.5. The largest absolute Gasteiger partial charge is 0.335 e. The number of anilines is 1. The molecule has 0 spiro atoms. The molecule has 0 aliphatic heterocycles. The summed E-state index contributed by atoms with van der Waals surface area (Å²) in [5, 5.41) is 17.3. The molecule has 0 saturated carbocycles. The predicted molar refractivity (Wildman–Crippen MR) is 119 cm³/mol. The molecular formula is C22H15N9O. The van der Waals surface area contributed by atoms with Crippen LogP contribution in [0.2, 0.25) is 0 Å². The van der Waals surface area contributed by atoms with Crippen molar-refractivity contribution in [2.24, 2.45) is 0 Å². The number of rotatable bonds is 4. The maximum atomic E-state index is 9.17. The van der Waals surface area contributed by atoms with E-state index in [1.165, 1.54) is 6.20 Å². The zero-order valence-corrected chi connectivity index (χ0v) is 16.5. The van der Waals surface area contributed by atoms with Crippen molar-refractivity contribution in [2.75, 3.05) is 5.48 Å². The molecule has 6 aromatic heterocycles. The number of hydrogen-bond acceptors (Lipinski definition) is 8. The lowest BCUT2D eigenvalue weighted by Gasteiger charge is -2.04. The summed E-state index contributed by atoms with van der Waals surface area (Å²) in [4.78, 5) is 25.5. The second kappa shape index (κ2) is 7.22. The molecule has 32 heavy (non-hydrogen) atoms. The van der Waals surface area contributed by atoms with Gasteiger partial charge in [0.05, 0.1) is 34.7 Å². The Morgan fingerprint density at radius 3 is 2.69 bits per heavy atom. The van der Waals surface area contributed by atoms with Crippen LogP contribution in [0.1, 0.15) is 0 Å². The lowest BCUT2D eigenvalue weighted by Crippen LogP contribution is -1.91. The first kappa shape index (κ1) is 18.1. The Bertz CT molecular complexity index is 1570. The highest BCUT2D eigenvalue weighted by Crippen LogP contribution is 2.31. The summed E-state index contributed by atoms with van der Waals surface area (Å²) in [6.45, 7) is 0. The van der Waals surface area contributed by atoms with Crippen molar-refractivity contribution in [1.29, 1.82) is 0 Å². The zero-order chi connectivity index (χ0) is 21.5.